The van der Waals surface area contributed by atoms with E-state index in [0.717, 1.165) is 5.82 Å². The van der Waals surface area contributed by atoms with E-state index in [1.807, 2.05) is 36.4 Å². The number of morpholine rings is 1. The van der Waals surface area contributed by atoms with Crippen LogP contribution in [0, 0.1) is 0 Å². The first kappa shape index (κ1) is 20.5. The van der Waals surface area contributed by atoms with Gasteiger partial charge in [-0.1, -0.05) is 60.7 Å². The molecule has 7 heteroatoms. The zero-order valence-electron chi connectivity index (χ0n) is 16.7. The van der Waals surface area contributed by atoms with Crippen LogP contribution in [0.4, 0.5) is 5.82 Å². The maximum absolute atomic E-state index is 12.9. The number of hydrogen-bond donors (Lipinski definition) is 0. The van der Waals surface area contributed by atoms with Gasteiger partial charge in [0.1, 0.15) is 10.7 Å². The van der Waals surface area contributed by atoms with Gasteiger partial charge in [-0.25, -0.2) is 13.4 Å². The highest BCUT2D eigenvalue weighted by atomic mass is 32.2. The van der Waals surface area contributed by atoms with Crippen LogP contribution >= 0.6 is 0 Å². The molecule has 0 unspecified atom stereocenters. The SMILES string of the molecule is O=S(=O)(c1ccc(N(Cc2ccccc2)Cc2ccccc2)nc1)N1CCOCC1. The lowest BCUT2D eigenvalue weighted by Gasteiger charge is -2.27. The van der Waals surface area contributed by atoms with Crippen molar-refractivity contribution in [2.24, 2.45) is 0 Å². The van der Waals surface area contributed by atoms with Gasteiger partial charge in [0.15, 0.2) is 0 Å². The highest BCUT2D eigenvalue weighted by Crippen LogP contribution is 2.22. The molecule has 1 aromatic heterocycles. The lowest BCUT2D eigenvalue weighted by Crippen LogP contribution is -2.40. The van der Waals surface area contributed by atoms with Crippen molar-refractivity contribution in [3.05, 3.63) is 90.1 Å². The van der Waals surface area contributed by atoms with E-state index in [1.54, 1.807) is 12.1 Å². The highest BCUT2D eigenvalue weighted by Gasteiger charge is 2.26. The summed E-state index contributed by atoms with van der Waals surface area (Å²) in [6.07, 6.45) is 1.46. The molecule has 2 aromatic carbocycles. The fraction of sp³-hybridized carbons (Fsp3) is 0.261. The second-order valence-corrected chi connectivity index (χ2v) is 9.13. The Labute approximate surface area is 177 Å². The molecule has 0 N–H and O–H groups in total. The van der Waals surface area contributed by atoms with Crippen LogP contribution in [0.3, 0.4) is 0 Å². The lowest BCUT2D eigenvalue weighted by molar-refractivity contribution is 0.0730. The maximum Gasteiger partial charge on any atom is 0.244 e. The normalized spacial score (nSPS) is 15.1. The number of anilines is 1. The molecule has 0 saturated carbocycles. The highest BCUT2D eigenvalue weighted by molar-refractivity contribution is 7.89. The molecule has 156 valence electrons. The van der Waals surface area contributed by atoms with E-state index in [0.29, 0.717) is 39.4 Å². The zero-order valence-corrected chi connectivity index (χ0v) is 17.5. The molecule has 0 aliphatic carbocycles. The summed E-state index contributed by atoms with van der Waals surface area (Å²) >= 11 is 0. The van der Waals surface area contributed by atoms with Crippen molar-refractivity contribution in [3.63, 3.8) is 0 Å². The fourth-order valence-corrected chi connectivity index (χ4v) is 4.83. The molecule has 0 bridgehead atoms. The summed E-state index contributed by atoms with van der Waals surface area (Å²) in [6.45, 7) is 2.95. The van der Waals surface area contributed by atoms with E-state index in [2.05, 4.69) is 34.1 Å². The molecule has 0 atom stereocenters. The van der Waals surface area contributed by atoms with Gasteiger partial charge in [0.05, 0.1) is 13.2 Å². The van der Waals surface area contributed by atoms with Crippen LogP contribution in [0.1, 0.15) is 11.1 Å². The van der Waals surface area contributed by atoms with Crippen LogP contribution < -0.4 is 4.90 Å². The van der Waals surface area contributed by atoms with Gasteiger partial charge >= 0.3 is 0 Å². The largest absolute Gasteiger partial charge is 0.379 e. The van der Waals surface area contributed by atoms with Crippen LogP contribution in [-0.2, 0) is 27.8 Å². The van der Waals surface area contributed by atoms with Crippen molar-refractivity contribution >= 4 is 15.8 Å². The lowest BCUT2D eigenvalue weighted by atomic mass is 10.1. The molecule has 3 aromatic rings. The first-order valence-electron chi connectivity index (χ1n) is 10.00. The molecule has 1 aliphatic rings. The molecular formula is C23H25N3O3S. The Bertz CT molecular complexity index is 995. The first-order chi connectivity index (χ1) is 14.6. The van der Waals surface area contributed by atoms with Crippen molar-refractivity contribution < 1.29 is 13.2 Å². The average Bonchev–Trinajstić information content (AvgIpc) is 2.81. The van der Waals surface area contributed by atoms with E-state index in [4.69, 9.17) is 4.74 Å². The van der Waals surface area contributed by atoms with Crippen molar-refractivity contribution in [1.82, 2.24) is 9.29 Å². The smallest absolute Gasteiger partial charge is 0.244 e. The van der Waals surface area contributed by atoms with Gasteiger partial charge in [0, 0.05) is 32.4 Å². The topological polar surface area (TPSA) is 62.7 Å². The summed E-state index contributed by atoms with van der Waals surface area (Å²) in [5, 5.41) is 0. The van der Waals surface area contributed by atoms with E-state index in [-0.39, 0.29) is 4.90 Å². The number of pyridine rings is 1. The van der Waals surface area contributed by atoms with Crippen molar-refractivity contribution in [2.45, 2.75) is 18.0 Å². The molecule has 6 nitrogen and oxygen atoms in total. The van der Waals surface area contributed by atoms with Crippen LogP contribution in [0.5, 0.6) is 0 Å². The molecule has 0 spiro atoms. The Hall–Kier alpha value is -2.74. The third kappa shape index (κ3) is 4.87. The molecule has 2 heterocycles. The molecule has 0 radical (unpaired) electrons. The molecule has 4 rings (SSSR count). The van der Waals surface area contributed by atoms with E-state index < -0.39 is 10.0 Å². The Balaban J connectivity index is 1.58. The number of nitrogens with zero attached hydrogens (tertiary/aromatic N) is 3. The predicted molar refractivity (Wildman–Crippen MR) is 117 cm³/mol. The van der Waals surface area contributed by atoms with Crippen LogP contribution in [0.25, 0.3) is 0 Å². The fourth-order valence-electron chi connectivity index (χ4n) is 3.47. The van der Waals surface area contributed by atoms with Crippen LogP contribution in [0.15, 0.2) is 83.9 Å². The minimum Gasteiger partial charge on any atom is -0.379 e. The number of sulfonamides is 1. The summed E-state index contributed by atoms with van der Waals surface area (Å²) < 4.78 is 32.5. The number of hydrogen-bond acceptors (Lipinski definition) is 5. The second kappa shape index (κ2) is 9.38. The van der Waals surface area contributed by atoms with Gasteiger partial charge in [0.2, 0.25) is 10.0 Å². The van der Waals surface area contributed by atoms with Crippen molar-refractivity contribution in [3.8, 4) is 0 Å². The third-order valence-electron chi connectivity index (χ3n) is 5.09. The van der Waals surface area contributed by atoms with Gasteiger partial charge in [0.25, 0.3) is 0 Å². The summed E-state index contributed by atoms with van der Waals surface area (Å²) in [4.78, 5) is 6.89. The van der Waals surface area contributed by atoms with E-state index in [1.165, 1.54) is 21.6 Å². The summed E-state index contributed by atoms with van der Waals surface area (Å²) in [7, 11) is -3.55. The van der Waals surface area contributed by atoms with E-state index in [9.17, 15) is 8.42 Å². The van der Waals surface area contributed by atoms with Crippen LogP contribution in [0.2, 0.25) is 0 Å². The minimum atomic E-state index is -3.55. The van der Waals surface area contributed by atoms with Gasteiger partial charge in [-0.05, 0) is 23.3 Å². The predicted octanol–water partition coefficient (Wildman–Crippen LogP) is 3.31. The molecule has 1 fully saturated rings. The van der Waals surface area contributed by atoms with Crippen LogP contribution in [-0.4, -0.2) is 44.0 Å². The monoisotopic (exact) mass is 423 g/mol. The summed E-state index contributed by atoms with van der Waals surface area (Å²) in [6, 6.07) is 23.8. The van der Waals surface area contributed by atoms with Gasteiger partial charge in [-0.3, -0.25) is 0 Å². The standard InChI is InChI=1S/C23H25N3O3S/c27-30(28,26-13-15-29-16-14-26)22-11-12-23(24-17-22)25(18-20-7-3-1-4-8-20)19-21-9-5-2-6-10-21/h1-12,17H,13-16,18-19H2. The molecule has 30 heavy (non-hydrogen) atoms. The Morgan fingerprint density at radius 2 is 1.40 bits per heavy atom. The quantitative estimate of drug-likeness (QED) is 0.583. The zero-order chi connectivity index (χ0) is 20.8. The minimum absolute atomic E-state index is 0.215. The van der Waals surface area contributed by atoms with Gasteiger partial charge in [-0.2, -0.15) is 4.31 Å². The third-order valence-corrected chi connectivity index (χ3v) is 6.97. The Morgan fingerprint density at radius 1 is 0.833 bits per heavy atom. The Morgan fingerprint density at radius 3 is 1.90 bits per heavy atom. The molecule has 0 amide bonds. The van der Waals surface area contributed by atoms with Crippen molar-refractivity contribution in [2.75, 3.05) is 31.2 Å². The summed E-state index contributed by atoms with van der Waals surface area (Å²) in [5.74, 6) is 0.739. The molecular weight excluding hydrogens is 398 g/mol. The van der Waals surface area contributed by atoms with E-state index >= 15 is 0 Å². The average molecular weight is 424 g/mol. The second-order valence-electron chi connectivity index (χ2n) is 7.20. The van der Waals surface area contributed by atoms with Gasteiger partial charge in [-0.15, -0.1) is 0 Å². The number of ether oxygens (including phenoxy) is 1. The maximum atomic E-state index is 12.9. The number of aromatic nitrogens is 1. The summed E-state index contributed by atoms with van der Waals surface area (Å²) in [5.41, 5.74) is 2.33. The molecule has 1 aliphatic heterocycles. The number of rotatable bonds is 7. The first-order valence-corrected chi connectivity index (χ1v) is 11.4. The van der Waals surface area contributed by atoms with Crippen molar-refractivity contribution in [1.29, 1.82) is 0 Å². The Kier molecular flexibility index (Phi) is 6.42. The number of benzene rings is 2. The molecule has 1 saturated heterocycles. The van der Waals surface area contributed by atoms with Gasteiger partial charge < -0.3 is 9.64 Å².